The first kappa shape index (κ1) is 17.0. The van der Waals surface area contributed by atoms with E-state index in [1.165, 1.54) is 6.07 Å². The number of methoxy groups -OCH3 is 1. The molecule has 21 heavy (non-hydrogen) atoms. The quantitative estimate of drug-likeness (QED) is 0.720. The van der Waals surface area contributed by atoms with Gasteiger partial charge < -0.3 is 14.5 Å². The van der Waals surface area contributed by atoms with E-state index in [2.05, 4.69) is 26.0 Å². The van der Waals surface area contributed by atoms with E-state index in [4.69, 9.17) is 9.15 Å². The molecule has 0 radical (unpaired) electrons. The molecule has 2 rings (SSSR count). The summed E-state index contributed by atoms with van der Waals surface area (Å²) >= 11 is 3.17. The van der Waals surface area contributed by atoms with E-state index in [0.29, 0.717) is 12.3 Å². The number of rotatable bonds is 8. The maximum Gasteiger partial charge on any atom is 0.245 e. The maximum absolute atomic E-state index is 12.4. The highest BCUT2D eigenvalue weighted by molar-refractivity contribution is 9.10. The SMILES string of the molecule is CCNCc1cc(S(=O)(=O)NCC2(OC)CCC2)c(Br)o1. The van der Waals surface area contributed by atoms with Gasteiger partial charge in [0.2, 0.25) is 10.0 Å². The molecule has 1 aliphatic rings. The van der Waals surface area contributed by atoms with Crippen LogP contribution in [-0.2, 0) is 21.3 Å². The molecule has 2 N–H and O–H groups in total. The molecule has 0 spiro atoms. The second-order valence-corrected chi connectivity index (χ2v) is 7.65. The number of hydrogen-bond acceptors (Lipinski definition) is 5. The molecule has 0 bridgehead atoms. The molecule has 0 atom stereocenters. The third-order valence-electron chi connectivity index (χ3n) is 3.83. The van der Waals surface area contributed by atoms with E-state index < -0.39 is 10.0 Å². The number of sulfonamides is 1. The van der Waals surface area contributed by atoms with Gasteiger partial charge in [0.1, 0.15) is 10.7 Å². The van der Waals surface area contributed by atoms with Crippen LogP contribution in [-0.4, -0.2) is 34.2 Å². The van der Waals surface area contributed by atoms with Gasteiger partial charge in [-0.2, -0.15) is 0 Å². The van der Waals surface area contributed by atoms with Gasteiger partial charge in [-0.25, -0.2) is 13.1 Å². The van der Waals surface area contributed by atoms with Crippen LogP contribution in [0, 0.1) is 0 Å². The van der Waals surface area contributed by atoms with Crippen molar-refractivity contribution in [2.24, 2.45) is 0 Å². The summed E-state index contributed by atoms with van der Waals surface area (Å²) < 4.78 is 38.4. The van der Waals surface area contributed by atoms with E-state index in [0.717, 1.165) is 25.8 Å². The molecule has 120 valence electrons. The van der Waals surface area contributed by atoms with Crippen molar-refractivity contribution in [2.75, 3.05) is 20.2 Å². The van der Waals surface area contributed by atoms with Gasteiger partial charge in [-0.1, -0.05) is 6.92 Å². The fourth-order valence-corrected chi connectivity index (χ4v) is 4.35. The van der Waals surface area contributed by atoms with Gasteiger partial charge >= 0.3 is 0 Å². The summed E-state index contributed by atoms with van der Waals surface area (Å²) in [7, 11) is -1.99. The van der Waals surface area contributed by atoms with Gasteiger partial charge in [0.05, 0.1) is 12.1 Å². The van der Waals surface area contributed by atoms with Crippen molar-refractivity contribution in [2.45, 2.75) is 43.2 Å². The number of hydrogen-bond donors (Lipinski definition) is 2. The second kappa shape index (κ2) is 6.78. The monoisotopic (exact) mass is 380 g/mol. The number of furan rings is 1. The predicted molar refractivity (Wildman–Crippen MR) is 82.6 cm³/mol. The lowest BCUT2D eigenvalue weighted by Gasteiger charge is -2.40. The molecule has 1 aromatic heterocycles. The minimum atomic E-state index is -3.61. The van der Waals surface area contributed by atoms with Crippen LogP contribution in [0.15, 0.2) is 20.0 Å². The van der Waals surface area contributed by atoms with Gasteiger partial charge in [-0.05, 0) is 41.7 Å². The average Bonchev–Trinajstić information content (AvgIpc) is 2.77. The number of halogens is 1. The molecular formula is C13H21BrN2O4S. The molecule has 1 aromatic rings. The summed E-state index contributed by atoms with van der Waals surface area (Å²) in [6.45, 7) is 3.54. The van der Waals surface area contributed by atoms with Gasteiger partial charge in [0, 0.05) is 19.7 Å². The molecule has 0 aliphatic heterocycles. The maximum atomic E-state index is 12.4. The Morgan fingerprint density at radius 1 is 1.48 bits per heavy atom. The van der Waals surface area contributed by atoms with E-state index in [1.54, 1.807) is 7.11 Å². The Balaban J connectivity index is 2.06. The van der Waals surface area contributed by atoms with E-state index >= 15 is 0 Å². The van der Waals surface area contributed by atoms with Crippen molar-refractivity contribution in [3.8, 4) is 0 Å². The van der Waals surface area contributed by atoms with Gasteiger partial charge in [-0.15, -0.1) is 0 Å². The normalized spacial score (nSPS) is 17.7. The van der Waals surface area contributed by atoms with Crippen molar-refractivity contribution >= 4 is 26.0 Å². The molecule has 1 heterocycles. The minimum Gasteiger partial charge on any atom is -0.452 e. The van der Waals surface area contributed by atoms with Crippen LogP contribution in [0.3, 0.4) is 0 Å². The molecule has 0 amide bonds. The fourth-order valence-electron chi connectivity index (χ4n) is 2.24. The molecule has 1 fully saturated rings. The lowest BCUT2D eigenvalue weighted by Crippen LogP contribution is -2.49. The zero-order valence-corrected chi connectivity index (χ0v) is 14.6. The molecule has 1 saturated carbocycles. The third kappa shape index (κ3) is 3.87. The van der Waals surface area contributed by atoms with Crippen LogP contribution in [0.2, 0.25) is 0 Å². The molecule has 0 saturated heterocycles. The van der Waals surface area contributed by atoms with Crippen LogP contribution < -0.4 is 10.0 Å². The van der Waals surface area contributed by atoms with Crippen molar-refractivity contribution in [1.82, 2.24) is 10.0 Å². The van der Waals surface area contributed by atoms with Crippen LogP contribution in [0.25, 0.3) is 0 Å². The van der Waals surface area contributed by atoms with Crippen LogP contribution >= 0.6 is 15.9 Å². The Labute approximate surface area is 133 Å². The van der Waals surface area contributed by atoms with Crippen LogP contribution in [0.1, 0.15) is 31.9 Å². The lowest BCUT2D eigenvalue weighted by atomic mass is 9.80. The van der Waals surface area contributed by atoms with Crippen molar-refractivity contribution in [1.29, 1.82) is 0 Å². The summed E-state index contributed by atoms with van der Waals surface area (Å²) in [5.41, 5.74) is -0.351. The highest BCUT2D eigenvalue weighted by atomic mass is 79.9. The molecule has 6 nitrogen and oxygen atoms in total. The second-order valence-electron chi connectivity index (χ2n) is 5.20. The highest BCUT2D eigenvalue weighted by Gasteiger charge is 2.38. The van der Waals surface area contributed by atoms with Gasteiger partial charge in [0.25, 0.3) is 0 Å². The first-order valence-electron chi connectivity index (χ1n) is 6.96. The zero-order chi connectivity index (χ0) is 15.5. The Kier molecular flexibility index (Phi) is 5.48. The number of ether oxygens (including phenoxy) is 1. The van der Waals surface area contributed by atoms with Crippen LogP contribution in [0.4, 0.5) is 0 Å². The molecular weight excluding hydrogens is 360 g/mol. The average molecular weight is 381 g/mol. The van der Waals surface area contributed by atoms with Crippen molar-refractivity contribution < 1.29 is 17.6 Å². The Bertz CT molecular complexity index is 575. The number of nitrogens with one attached hydrogen (secondary N) is 2. The standard InChI is InChI=1S/C13H21BrN2O4S/c1-3-15-8-10-7-11(12(14)20-10)21(17,18)16-9-13(19-2)5-4-6-13/h7,15-16H,3-6,8-9H2,1-2H3. The third-order valence-corrected chi connectivity index (χ3v) is 6.09. The van der Waals surface area contributed by atoms with Gasteiger partial charge in [-0.3, -0.25) is 0 Å². The first-order valence-corrected chi connectivity index (χ1v) is 9.24. The summed E-state index contributed by atoms with van der Waals surface area (Å²) in [5, 5.41) is 3.09. The van der Waals surface area contributed by atoms with Crippen molar-refractivity contribution in [3.05, 3.63) is 16.5 Å². The summed E-state index contributed by atoms with van der Waals surface area (Å²) in [5.74, 6) is 0.578. The largest absolute Gasteiger partial charge is 0.452 e. The van der Waals surface area contributed by atoms with E-state index in [9.17, 15) is 8.42 Å². The zero-order valence-electron chi connectivity index (χ0n) is 12.2. The minimum absolute atomic E-state index is 0.126. The smallest absolute Gasteiger partial charge is 0.245 e. The summed E-state index contributed by atoms with van der Waals surface area (Å²) in [6, 6.07) is 1.54. The summed E-state index contributed by atoms with van der Waals surface area (Å²) in [6.07, 6.45) is 2.83. The predicted octanol–water partition coefficient (Wildman–Crippen LogP) is 2.00. The van der Waals surface area contributed by atoms with Crippen LogP contribution in [0.5, 0.6) is 0 Å². The molecule has 0 unspecified atom stereocenters. The Morgan fingerprint density at radius 2 is 2.19 bits per heavy atom. The summed E-state index contributed by atoms with van der Waals surface area (Å²) in [4.78, 5) is 0.126. The highest BCUT2D eigenvalue weighted by Crippen LogP contribution is 2.35. The molecule has 0 aromatic carbocycles. The van der Waals surface area contributed by atoms with E-state index in [-0.39, 0.29) is 21.7 Å². The first-order chi connectivity index (χ1) is 9.92. The molecule has 1 aliphatic carbocycles. The van der Waals surface area contributed by atoms with E-state index in [1.807, 2.05) is 6.92 Å². The Hall–Kier alpha value is -0.410. The fraction of sp³-hybridized carbons (Fsp3) is 0.692. The molecule has 8 heteroatoms. The van der Waals surface area contributed by atoms with Crippen molar-refractivity contribution in [3.63, 3.8) is 0 Å². The van der Waals surface area contributed by atoms with Gasteiger partial charge in [0.15, 0.2) is 4.67 Å². The Morgan fingerprint density at radius 3 is 2.71 bits per heavy atom. The topological polar surface area (TPSA) is 80.6 Å². The lowest BCUT2D eigenvalue weighted by molar-refractivity contribution is -0.0659.